The summed E-state index contributed by atoms with van der Waals surface area (Å²) in [5, 5.41) is 2.98. The molecule has 0 spiro atoms. The van der Waals surface area contributed by atoms with Crippen LogP contribution in [0.15, 0.2) is 0 Å². The number of likely N-dealkylation sites (tertiary alicyclic amines) is 1. The van der Waals surface area contributed by atoms with Gasteiger partial charge in [-0.25, -0.2) is 0 Å². The van der Waals surface area contributed by atoms with Crippen LogP contribution in [0.5, 0.6) is 0 Å². The Kier molecular flexibility index (Phi) is 7.68. The Morgan fingerprint density at radius 3 is 2.56 bits per heavy atom. The number of carbonyl (C=O) groups excluding carboxylic acids is 1. The molecule has 0 aromatic heterocycles. The third-order valence-electron chi connectivity index (χ3n) is 2.84. The molecule has 1 saturated heterocycles. The Morgan fingerprint density at radius 1 is 1.25 bits per heavy atom. The van der Waals surface area contributed by atoms with E-state index in [1.54, 1.807) is 0 Å². The molecule has 1 aliphatic heterocycles. The maximum atomic E-state index is 11.6. The van der Waals surface area contributed by atoms with E-state index in [0.29, 0.717) is 6.54 Å². The van der Waals surface area contributed by atoms with E-state index in [-0.39, 0.29) is 5.91 Å². The molecule has 4 heteroatoms. The van der Waals surface area contributed by atoms with Crippen LogP contribution in [0, 0.1) is 0 Å². The van der Waals surface area contributed by atoms with Crippen molar-refractivity contribution in [2.75, 3.05) is 37.7 Å². The first-order valence-electron chi connectivity index (χ1n) is 6.39. The van der Waals surface area contributed by atoms with Crippen molar-refractivity contribution in [3.8, 4) is 0 Å². The number of hydrogen-bond acceptors (Lipinski definition) is 3. The smallest absolute Gasteiger partial charge is 0.234 e. The lowest BCUT2D eigenvalue weighted by Gasteiger charge is -2.18. The van der Waals surface area contributed by atoms with E-state index in [4.69, 9.17) is 0 Å². The number of carbonyl (C=O) groups is 1. The third kappa shape index (κ3) is 6.38. The molecule has 1 fully saturated rings. The number of thioether (sulfide) groups is 1. The molecule has 0 bridgehead atoms. The Labute approximate surface area is 103 Å². The fourth-order valence-electron chi connectivity index (χ4n) is 1.96. The van der Waals surface area contributed by atoms with Crippen molar-refractivity contribution in [1.82, 2.24) is 10.2 Å². The van der Waals surface area contributed by atoms with Gasteiger partial charge in [-0.3, -0.25) is 9.69 Å². The summed E-state index contributed by atoms with van der Waals surface area (Å²) >= 11 is 1.87. The van der Waals surface area contributed by atoms with Gasteiger partial charge in [0, 0.05) is 12.3 Å². The third-order valence-corrected chi connectivity index (χ3v) is 3.74. The summed E-state index contributed by atoms with van der Waals surface area (Å²) in [6.45, 7) is 5.74. The fourth-order valence-corrected chi connectivity index (χ4v) is 2.50. The van der Waals surface area contributed by atoms with E-state index in [2.05, 4.69) is 17.1 Å². The van der Waals surface area contributed by atoms with Crippen molar-refractivity contribution in [3.63, 3.8) is 0 Å². The van der Waals surface area contributed by atoms with Crippen LogP contribution in [0.1, 0.15) is 32.6 Å². The zero-order valence-corrected chi connectivity index (χ0v) is 11.2. The molecule has 94 valence electrons. The summed E-state index contributed by atoms with van der Waals surface area (Å²) in [6.07, 6.45) is 5.15. The van der Waals surface area contributed by atoms with Crippen LogP contribution in [-0.2, 0) is 4.79 Å². The quantitative estimate of drug-likeness (QED) is 0.722. The summed E-state index contributed by atoms with van der Waals surface area (Å²) in [5.41, 5.74) is 0. The zero-order valence-electron chi connectivity index (χ0n) is 10.3. The highest BCUT2D eigenvalue weighted by Crippen LogP contribution is 2.08. The standard InChI is InChI=1S/C12H24N2OS/c1-2-16-10-7-13-12(15)11-14-8-5-3-4-6-9-14/h2-11H2,1H3,(H,13,15). The number of nitrogens with one attached hydrogen (secondary N) is 1. The molecule has 1 N–H and O–H groups in total. The average Bonchev–Trinajstić information content (AvgIpc) is 2.53. The van der Waals surface area contributed by atoms with Crippen molar-refractivity contribution in [3.05, 3.63) is 0 Å². The fraction of sp³-hybridized carbons (Fsp3) is 0.917. The van der Waals surface area contributed by atoms with Crippen LogP contribution < -0.4 is 5.32 Å². The second-order valence-corrected chi connectivity index (χ2v) is 5.63. The summed E-state index contributed by atoms with van der Waals surface area (Å²) in [5.74, 6) is 2.35. The maximum Gasteiger partial charge on any atom is 0.234 e. The highest BCUT2D eigenvalue weighted by atomic mass is 32.2. The van der Waals surface area contributed by atoms with E-state index in [1.807, 2.05) is 11.8 Å². The van der Waals surface area contributed by atoms with Gasteiger partial charge in [0.2, 0.25) is 5.91 Å². The van der Waals surface area contributed by atoms with Gasteiger partial charge in [-0.05, 0) is 31.7 Å². The van der Waals surface area contributed by atoms with Crippen LogP contribution in [0.3, 0.4) is 0 Å². The average molecular weight is 244 g/mol. The molecule has 0 aromatic rings. The maximum absolute atomic E-state index is 11.6. The minimum absolute atomic E-state index is 0.193. The molecule has 1 aliphatic rings. The molecule has 1 heterocycles. The second kappa shape index (κ2) is 8.88. The Hall–Kier alpha value is -0.220. The highest BCUT2D eigenvalue weighted by Gasteiger charge is 2.12. The summed E-state index contributed by atoms with van der Waals surface area (Å²) in [6, 6.07) is 0. The Balaban J connectivity index is 2.07. The molecule has 0 aromatic carbocycles. The van der Waals surface area contributed by atoms with Crippen molar-refractivity contribution in [2.24, 2.45) is 0 Å². The Bertz CT molecular complexity index is 191. The van der Waals surface area contributed by atoms with Gasteiger partial charge in [-0.1, -0.05) is 19.8 Å². The molecule has 0 saturated carbocycles. The van der Waals surface area contributed by atoms with Crippen LogP contribution in [0.2, 0.25) is 0 Å². The number of rotatable bonds is 6. The van der Waals surface area contributed by atoms with Gasteiger partial charge in [0.25, 0.3) is 0 Å². The monoisotopic (exact) mass is 244 g/mol. The zero-order chi connectivity index (χ0) is 11.6. The van der Waals surface area contributed by atoms with Crippen molar-refractivity contribution in [2.45, 2.75) is 32.6 Å². The van der Waals surface area contributed by atoms with E-state index in [9.17, 15) is 4.79 Å². The first-order chi connectivity index (χ1) is 7.83. The van der Waals surface area contributed by atoms with E-state index in [0.717, 1.165) is 31.1 Å². The van der Waals surface area contributed by atoms with Crippen LogP contribution in [0.25, 0.3) is 0 Å². The van der Waals surface area contributed by atoms with Crippen molar-refractivity contribution < 1.29 is 4.79 Å². The molecule has 1 amide bonds. The lowest BCUT2D eigenvalue weighted by atomic mass is 10.2. The van der Waals surface area contributed by atoms with Gasteiger partial charge >= 0.3 is 0 Å². The van der Waals surface area contributed by atoms with Crippen LogP contribution in [-0.4, -0.2) is 48.5 Å². The largest absolute Gasteiger partial charge is 0.354 e. The molecule has 0 radical (unpaired) electrons. The van der Waals surface area contributed by atoms with Gasteiger partial charge < -0.3 is 5.32 Å². The van der Waals surface area contributed by atoms with Gasteiger partial charge in [0.15, 0.2) is 0 Å². The first-order valence-corrected chi connectivity index (χ1v) is 7.55. The number of hydrogen-bond donors (Lipinski definition) is 1. The Morgan fingerprint density at radius 2 is 1.94 bits per heavy atom. The predicted molar refractivity (Wildman–Crippen MR) is 70.9 cm³/mol. The summed E-state index contributed by atoms with van der Waals surface area (Å²) in [4.78, 5) is 13.9. The molecular weight excluding hydrogens is 220 g/mol. The molecule has 0 atom stereocenters. The van der Waals surface area contributed by atoms with E-state index in [1.165, 1.54) is 25.7 Å². The molecule has 16 heavy (non-hydrogen) atoms. The predicted octanol–water partition coefficient (Wildman–Crippen LogP) is 1.73. The first kappa shape index (κ1) is 13.8. The normalized spacial score (nSPS) is 18.1. The number of nitrogens with zero attached hydrogens (tertiary/aromatic N) is 1. The van der Waals surface area contributed by atoms with Crippen molar-refractivity contribution >= 4 is 17.7 Å². The van der Waals surface area contributed by atoms with Gasteiger partial charge in [-0.15, -0.1) is 0 Å². The van der Waals surface area contributed by atoms with Gasteiger partial charge in [0.1, 0.15) is 0 Å². The van der Waals surface area contributed by atoms with Crippen molar-refractivity contribution in [1.29, 1.82) is 0 Å². The van der Waals surface area contributed by atoms with Gasteiger partial charge in [0.05, 0.1) is 6.54 Å². The van der Waals surface area contributed by atoms with E-state index < -0.39 is 0 Å². The molecular formula is C12H24N2OS. The summed E-state index contributed by atoms with van der Waals surface area (Å²) < 4.78 is 0. The topological polar surface area (TPSA) is 32.3 Å². The lowest BCUT2D eigenvalue weighted by molar-refractivity contribution is -0.122. The lowest BCUT2D eigenvalue weighted by Crippen LogP contribution is -2.38. The molecule has 0 aliphatic carbocycles. The second-order valence-electron chi connectivity index (χ2n) is 4.24. The SMILES string of the molecule is CCSCCNC(=O)CN1CCCCCC1. The number of amides is 1. The van der Waals surface area contributed by atoms with Gasteiger partial charge in [-0.2, -0.15) is 11.8 Å². The van der Waals surface area contributed by atoms with Crippen LogP contribution >= 0.6 is 11.8 Å². The molecule has 1 rings (SSSR count). The summed E-state index contributed by atoms with van der Waals surface area (Å²) in [7, 11) is 0. The molecule has 3 nitrogen and oxygen atoms in total. The minimum Gasteiger partial charge on any atom is -0.354 e. The highest BCUT2D eigenvalue weighted by molar-refractivity contribution is 7.99. The van der Waals surface area contributed by atoms with E-state index >= 15 is 0 Å². The van der Waals surface area contributed by atoms with Crippen LogP contribution in [0.4, 0.5) is 0 Å². The molecule has 0 unspecified atom stereocenters. The minimum atomic E-state index is 0.193.